The Labute approximate surface area is 101 Å². The Morgan fingerprint density at radius 1 is 1.29 bits per heavy atom. The van der Waals surface area contributed by atoms with Crippen LogP contribution in [-0.2, 0) is 14.1 Å². The molecular weight excluding hydrogens is 214 g/mol. The topological polar surface area (TPSA) is 47.7 Å². The zero-order valence-corrected chi connectivity index (χ0v) is 10.8. The van der Waals surface area contributed by atoms with Crippen molar-refractivity contribution in [2.24, 2.45) is 14.1 Å². The molecule has 0 aliphatic heterocycles. The number of nitrogens with zero attached hydrogens (tertiary/aromatic N) is 4. The summed E-state index contributed by atoms with van der Waals surface area (Å²) in [5.41, 5.74) is 3.56. The van der Waals surface area contributed by atoms with E-state index in [4.69, 9.17) is 0 Å². The van der Waals surface area contributed by atoms with Crippen LogP contribution in [0.15, 0.2) is 18.6 Å². The minimum atomic E-state index is 0.169. The Morgan fingerprint density at radius 3 is 2.53 bits per heavy atom. The van der Waals surface area contributed by atoms with Crippen LogP contribution in [0.4, 0.5) is 0 Å². The monoisotopic (exact) mass is 233 g/mol. The number of aryl methyl sites for hydroxylation is 2. The Kier molecular flexibility index (Phi) is 3.28. The van der Waals surface area contributed by atoms with Gasteiger partial charge >= 0.3 is 0 Å². The second-order valence-electron chi connectivity index (χ2n) is 4.25. The van der Waals surface area contributed by atoms with Gasteiger partial charge in [-0.1, -0.05) is 6.92 Å². The van der Waals surface area contributed by atoms with E-state index in [1.165, 1.54) is 16.8 Å². The Hall–Kier alpha value is -1.62. The van der Waals surface area contributed by atoms with Crippen molar-refractivity contribution in [2.75, 3.05) is 6.54 Å². The molecule has 5 heteroatoms. The average Bonchev–Trinajstić information content (AvgIpc) is 2.85. The van der Waals surface area contributed by atoms with Crippen LogP contribution in [0.1, 0.15) is 29.8 Å². The van der Waals surface area contributed by atoms with Crippen LogP contribution in [0, 0.1) is 6.92 Å². The summed E-state index contributed by atoms with van der Waals surface area (Å²) >= 11 is 0. The summed E-state index contributed by atoms with van der Waals surface area (Å²) in [4.78, 5) is 0. The van der Waals surface area contributed by atoms with Crippen LogP contribution < -0.4 is 5.32 Å². The number of nitrogens with one attached hydrogen (secondary N) is 1. The molecule has 2 heterocycles. The molecule has 2 aromatic heterocycles. The van der Waals surface area contributed by atoms with Crippen molar-refractivity contribution < 1.29 is 0 Å². The molecule has 0 radical (unpaired) electrons. The van der Waals surface area contributed by atoms with Gasteiger partial charge in [0.15, 0.2) is 0 Å². The van der Waals surface area contributed by atoms with Gasteiger partial charge < -0.3 is 5.32 Å². The molecule has 2 rings (SSSR count). The van der Waals surface area contributed by atoms with E-state index >= 15 is 0 Å². The first kappa shape index (κ1) is 11.9. The molecule has 17 heavy (non-hydrogen) atoms. The molecule has 1 atom stereocenters. The van der Waals surface area contributed by atoms with Gasteiger partial charge in [0.05, 0.1) is 18.4 Å². The van der Waals surface area contributed by atoms with E-state index in [-0.39, 0.29) is 6.04 Å². The fraction of sp³-hybridized carbons (Fsp3) is 0.500. The highest BCUT2D eigenvalue weighted by molar-refractivity contribution is 5.30. The zero-order valence-electron chi connectivity index (χ0n) is 10.8. The van der Waals surface area contributed by atoms with Gasteiger partial charge in [0.2, 0.25) is 0 Å². The first-order valence-corrected chi connectivity index (χ1v) is 5.84. The van der Waals surface area contributed by atoms with Gasteiger partial charge in [-0.2, -0.15) is 10.2 Å². The Morgan fingerprint density at radius 2 is 2.06 bits per heavy atom. The first-order valence-electron chi connectivity index (χ1n) is 5.84. The second-order valence-corrected chi connectivity index (χ2v) is 4.25. The molecule has 1 unspecified atom stereocenters. The fourth-order valence-corrected chi connectivity index (χ4v) is 2.00. The molecule has 0 spiro atoms. The van der Waals surface area contributed by atoms with E-state index in [1.807, 2.05) is 42.0 Å². The van der Waals surface area contributed by atoms with Crippen LogP contribution in [-0.4, -0.2) is 26.1 Å². The maximum absolute atomic E-state index is 4.30. The third-order valence-electron chi connectivity index (χ3n) is 3.05. The summed E-state index contributed by atoms with van der Waals surface area (Å²) in [6.45, 7) is 5.10. The Balaban J connectivity index is 2.38. The van der Waals surface area contributed by atoms with Gasteiger partial charge in [0, 0.05) is 37.1 Å². The lowest BCUT2D eigenvalue weighted by atomic mass is 10.0. The van der Waals surface area contributed by atoms with Crippen molar-refractivity contribution in [2.45, 2.75) is 19.9 Å². The second kappa shape index (κ2) is 4.71. The van der Waals surface area contributed by atoms with E-state index in [1.54, 1.807) is 0 Å². The molecule has 92 valence electrons. The molecule has 0 saturated carbocycles. The number of aromatic nitrogens is 4. The number of rotatable bonds is 4. The maximum atomic E-state index is 4.30. The minimum absolute atomic E-state index is 0.169. The molecule has 0 aliphatic carbocycles. The Bertz CT molecular complexity index is 497. The van der Waals surface area contributed by atoms with E-state index in [2.05, 4.69) is 29.4 Å². The normalized spacial score (nSPS) is 12.9. The standard InChI is InChI=1S/C12H19N5/c1-5-13-12(10-6-14-16(3)8-10)11-7-15-17(4)9(11)2/h6-8,12-13H,5H2,1-4H3. The van der Waals surface area contributed by atoms with Gasteiger partial charge in [-0.15, -0.1) is 0 Å². The number of hydrogen-bond acceptors (Lipinski definition) is 3. The average molecular weight is 233 g/mol. The molecule has 0 fully saturated rings. The molecular formula is C12H19N5. The minimum Gasteiger partial charge on any atom is -0.306 e. The first-order chi connectivity index (χ1) is 8.13. The molecule has 0 saturated heterocycles. The molecule has 2 aromatic rings. The van der Waals surface area contributed by atoms with Gasteiger partial charge in [-0.05, 0) is 13.5 Å². The predicted octanol–water partition coefficient (Wildman–Crippen LogP) is 1.16. The molecule has 0 amide bonds. The third-order valence-corrected chi connectivity index (χ3v) is 3.05. The van der Waals surface area contributed by atoms with E-state index in [0.29, 0.717) is 0 Å². The van der Waals surface area contributed by atoms with Crippen molar-refractivity contribution >= 4 is 0 Å². The quantitative estimate of drug-likeness (QED) is 0.862. The van der Waals surface area contributed by atoms with E-state index in [9.17, 15) is 0 Å². The summed E-state index contributed by atoms with van der Waals surface area (Å²) < 4.78 is 3.72. The fourth-order valence-electron chi connectivity index (χ4n) is 2.00. The molecule has 1 N–H and O–H groups in total. The van der Waals surface area contributed by atoms with Crippen molar-refractivity contribution in [1.82, 2.24) is 24.9 Å². The van der Waals surface area contributed by atoms with Crippen LogP contribution in [0.5, 0.6) is 0 Å². The summed E-state index contributed by atoms with van der Waals surface area (Å²) in [6, 6.07) is 0.169. The highest BCUT2D eigenvalue weighted by Crippen LogP contribution is 2.23. The summed E-state index contributed by atoms with van der Waals surface area (Å²) in [5, 5.41) is 12.0. The lowest BCUT2D eigenvalue weighted by molar-refractivity contribution is 0.624. The largest absolute Gasteiger partial charge is 0.306 e. The summed E-state index contributed by atoms with van der Waals surface area (Å²) in [7, 11) is 3.90. The van der Waals surface area contributed by atoms with Crippen molar-refractivity contribution in [3.63, 3.8) is 0 Å². The van der Waals surface area contributed by atoms with Crippen LogP contribution in [0.2, 0.25) is 0 Å². The highest BCUT2D eigenvalue weighted by Gasteiger charge is 2.18. The van der Waals surface area contributed by atoms with Crippen molar-refractivity contribution in [3.8, 4) is 0 Å². The lowest BCUT2D eigenvalue weighted by Crippen LogP contribution is -2.22. The van der Waals surface area contributed by atoms with Crippen LogP contribution in [0.3, 0.4) is 0 Å². The van der Waals surface area contributed by atoms with Gasteiger partial charge in [-0.25, -0.2) is 0 Å². The predicted molar refractivity (Wildman–Crippen MR) is 66.7 cm³/mol. The van der Waals surface area contributed by atoms with Gasteiger partial charge in [0.1, 0.15) is 0 Å². The molecule has 0 aromatic carbocycles. The summed E-state index contributed by atoms with van der Waals surface area (Å²) in [6.07, 6.45) is 5.87. The van der Waals surface area contributed by atoms with Gasteiger partial charge in [-0.3, -0.25) is 9.36 Å². The van der Waals surface area contributed by atoms with E-state index < -0.39 is 0 Å². The van der Waals surface area contributed by atoms with E-state index in [0.717, 1.165) is 6.54 Å². The maximum Gasteiger partial charge on any atom is 0.0641 e. The lowest BCUT2D eigenvalue weighted by Gasteiger charge is -2.16. The van der Waals surface area contributed by atoms with Crippen LogP contribution >= 0.6 is 0 Å². The molecule has 5 nitrogen and oxygen atoms in total. The number of hydrogen-bond donors (Lipinski definition) is 1. The molecule has 0 bridgehead atoms. The van der Waals surface area contributed by atoms with Gasteiger partial charge in [0.25, 0.3) is 0 Å². The van der Waals surface area contributed by atoms with Crippen LogP contribution in [0.25, 0.3) is 0 Å². The van der Waals surface area contributed by atoms with Crippen molar-refractivity contribution in [3.05, 3.63) is 35.4 Å². The third kappa shape index (κ3) is 2.24. The summed E-state index contributed by atoms with van der Waals surface area (Å²) in [5.74, 6) is 0. The SMILES string of the molecule is CCNC(c1cnn(C)c1)c1cnn(C)c1C. The van der Waals surface area contributed by atoms with Crippen molar-refractivity contribution in [1.29, 1.82) is 0 Å². The highest BCUT2D eigenvalue weighted by atomic mass is 15.3. The smallest absolute Gasteiger partial charge is 0.0641 e. The molecule has 0 aliphatic rings. The zero-order chi connectivity index (χ0) is 12.4.